The van der Waals surface area contributed by atoms with Gasteiger partial charge in [0.05, 0.1) is 5.69 Å². The average molecular weight is 270 g/mol. The minimum atomic E-state index is -0.259. The maximum atomic E-state index is 12.3. The number of hydrogen-bond donors (Lipinski definition) is 1. The SMILES string of the molecule is Cc1cnc(C(=O)Nc2nccnc2C(C)C)c(C)c1. The van der Waals surface area contributed by atoms with E-state index in [2.05, 4.69) is 20.3 Å². The van der Waals surface area contributed by atoms with Crippen molar-refractivity contribution in [2.24, 2.45) is 0 Å². The molecular formula is C15H18N4O. The second-order valence-electron chi connectivity index (χ2n) is 5.08. The average Bonchev–Trinajstić information content (AvgIpc) is 2.38. The van der Waals surface area contributed by atoms with E-state index in [0.717, 1.165) is 16.8 Å². The van der Waals surface area contributed by atoms with Crippen molar-refractivity contribution in [3.63, 3.8) is 0 Å². The van der Waals surface area contributed by atoms with Gasteiger partial charge in [-0.1, -0.05) is 19.9 Å². The first-order valence-corrected chi connectivity index (χ1v) is 6.54. The van der Waals surface area contributed by atoms with Crippen LogP contribution in [0, 0.1) is 13.8 Å². The highest BCUT2D eigenvalue weighted by Gasteiger charge is 2.15. The van der Waals surface area contributed by atoms with E-state index >= 15 is 0 Å². The first-order chi connectivity index (χ1) is 9.49. The lowest BCUT2D eigenvalue weighted by molar-refractivity contribution is 0.102. The molecule has 0 fully saturated rings. The minimum absolute atomic E-state index is 0.186. The molecule has 0 spiro atoms. The van der Waals surface area contributed by atoms with Crippen LogP contribution in [0.1, 0.15) is 47.1 Å². The molecule has 0 unspecified atom stereocenters. The monoisotopic (exact) mass is 270 g/mol. The van der Waals surface area contributed by atoms with Crippen LogP contribution in [-0.2, 0) is 0 Å². The Bertz CT molecular complexity index is 638. The van der Waals surface area contributed by atoms with Crippen LogP contribution >= 0.6 is 0 Å². The molecule has 20 heavy (non-hydrogen) atoms. The van der Waals surface area contributed by atoms with Gasteiger partial charge >= 0.3 is 0 Å². The summed E-state index contributed by atoms with van der Waals surface area (Å²) in [5.41, 5.74) is 3.06. The maximum absolute atomic E-state index is 12.3. The van der Waals surface area contributed by atoms with Gasteiger partial charge in [0, 0.05) is 18.6 Å². The number of rotatable bonds is 3. The van der Waals surface area contributed by atoms with Gasteiger partial charge in [-0.3, -0.25) is 14.8 Å². The molecule has 2 aromatic rings. The zero-order chi connectivity index (χ0) is 14.7. The molecule has 1 N–H and O–H groups in total. The fraction of sp³-hybridized carbons (Fsp3) is 0.333. The summed E-state index contributed by atoms with van der Waals surface area (Å²) >= 11 is 0. The first kappa shape index (κ1) is 14.1. The van der Waals surface area contributed by atoms with Crippen LogP contribution < -0.4 is 5.32 Å². The molecule has 0 aromatic carbocycles. The van der Waals surface area contributed by atoms with Gasteiger partial charge in [0.25, 0.3) is 5.91 Å². The summed E-state index contributed by atoms with van der Waals surface area (Å²) in [6.07, 6.45) is 4.87. The van der Waals surface area contributed by atoms with Gasteiger partial charge in [0.15, 0.2) is 5.82 Å². The largest absolute Gasteiger partial charge is 0.304 e. The van der Waals surface area contributed by atoms with Crippen LogP contribution in [-0.4, -0.2) is 20.9 Å². The quantitative estimate of drug-likeness (QED) is 0.931. The van der Waals surface area contributed by atoms with Crippen LogP contribution in [0.4, 0.5) is 5.82 Å². The molecule has 0 saturated carbocycles. The van der Waals surface area contributed by atoms with E-state index in [1.165, 1.54) is 0 Å². The Labute approximate surface area is 118 Å². The lowest BCUT2D eigenvalue weighted by Crippen LogP contribution is -2.18. The van der Waals surface area contributed by atoms with Gasteiger partial charge in [-0.15, -0.1) is 0 Å². The molecular weight excluding hydrogens is 252 g/mol. The Kier molecular flexibility index (Phi) is 4.08. The van der Waals surface area contributed by atoms with Gasteiger partial charge in [0.2, 0.25) is 0 Å². The summed E-state index contributed by atoms with van der Waals surface area (Å²) in [5, 5.41) is 2.79. The predicted molar refractivity (Wildman–Crippen MR) is 77.8 cm³/mol. The van der Waals surface area contributed by atoms with E-state index < -0.39 is 0 Å². The molecule has 104 valence electrons. The van der Waals surface area contributed by atoms with E-state index in [0.29, 0.717) is 11.5 Å². The third-order valence-corrected chi connectivity index (χ3v) is 2.94. The standard InChI is InChI=1S/C15H18N4O/c1-9(2)12-14(17-6-5-16-12)19-15(20)13-11(4)7-10(3)8-18-13/h5-9H,1-4H3,(H,17,19,20). The number of carbonyl (C=O) groups excluding carboxylic acids is 1. The molecule has 0 atom stereocenters. The Hall–Kier alpha value is -2.30. The van der Waals surface area contributed by atoms with Gasteiger partial charge in [-0.05, 0) is 30.9 Å². The number of aryl methyl sites for hydroxylation is 2. The molecule has 2 aromatic heterocycles. The van der Waals surface area contributed by atoms with Gasteiger partial charge < -0.3 is 5.32 Å². The second-order valence-corrected chi connectivity index (χ2v) is 5.08. The molecule has 0 radical (unpaired) electrons. The van der Waals surface area contributed by atoms with Crippen molar-refractivity contribution in [1.29, 1.82) is 0 Å². The Morgan fingerprint density at radius 2 is 1.85 bits per heavy atom. The van der Waals surface area contributed by atoms with Crippen molar-refractivity contribution in [2.75, 3.05) is 5.32 Å². The molecule has 0 bridgehead atoms. The zero-order valence-electron chi connectivity index (χ0n) is 12.1. The van der Waals surface area contributed by atoms with Crippen LogP contribution in [0.2, 0.25) is 0 Å². The summed E-state index contributed by atoms with van der Waals surface area (Å²) < 4.78 is 0. The molecule has 5 nitrogen and oxygen atoms in total. The molecule has 2 rings (SSSR count). The van der Waals surface area contributed by atoms with Crippen molar-refractivity contribution in [3.05, 3.63) is 47.2 Å². The predicted octanol–water partition coefficient (Wildman–Crippen LogP) is 2.86. The summed E-state index contributed by atoms with van der Waals surface area (Å²) in [5.74, 6) is 0.422. The maximum Gasteiger partial charge on any atom is 0.275 e. The smallest absolute Gasteiger partial charge is 0.275 e. The fourth-order valence-electron chi connectivity index (χ4n) is 1.99. The Morgan fingerprint density at radius 1 is 1.15 bits per heavy atom. The lowest BCUT2D eigenvalue weighted by atomic mass is 10.1. The van der Waals surface area contributed by atoms with E-state index in [9.17, 15) is 4.79 Å². The zero-order valence-corrected chi connectivity index (χ0v) is 12.1. The summed E-state index contributed by atoms with van der Waals surface area (Å²) in [7, 11) is 0. The lowest BCUT2D eigenvalue weighted by Gasteiger charge is -2.11. The summed E-state index contributed by atoms with van der Waals surface area (Å²) in [4.78, 5) is 24.9. The molecule has 0 aliphatic rings. The number of anilines is 1. The molecule has 5 heteroatoms. The number of hydrogen-bond acceptors (Lipinski definition) is 4. The topological polar surface area (TPSA) is 67.8 Å². The highest BCUT2D eigenvalue weighted by Crippen LogP contribution is 2.19. The van der Waals surface area contributed by atoms with E-state index in [-0.39, 0.29) is 11.8 Å². The highest BCUT2D eigenvalue weighted by atomic mass is 16.1. The summed E-state index contributed by atoms with van der Waals surface area (Å²) in [6.45, 7) is 7.83. The molecule has 0 saturated heterocycles. The van der Waals surface area contributed by atoms with Crippen LogP contribution in [0.5, 0.6) is 0 Å². The molecule has 1 amide bonds. The molecule has 2 heterocycles. The van der Waals surface area contributed by atoms with Crippen molar-refractivity contribution in [3.8, 4) is 0 Å². The van der Waals surface area contributed by atoms with Crippen molar-refractivity contribution in [2.45, 2.75) is 33.6 Å². The first-order valence-electron chi connectivity index (χ1n) is 6.54. The number of nitrogens with zero attached hydrogens (tertiary/aromatic N) is 3. The Balaban J connectivity index is 2.28. The van der Waals surface area contributed by atoms with Crippen LogP contribution in [0.15, 0.2) is 24.7 Å². The van der Waals surface area contributed by atoms with Crippen molar-refractivity contribution in [1.82, 2.24) is 15.0 Å². The van der Waals surface area contributed by atoms with E-state index in [1.54, 1.807) is 18.6 Å². The number of nitrogens with one attached hydrogen (secondary N) is 1. The highest BCUT2D eigenvalue weighted by molar-refractivity contribution is 6.03. The fourth-order valence-corrected chi connectivity index (χ4v) is 1.99. The van der Waals surface area contributed by atoms with Crippen LogP contribution in [0.3, 0.4) is 0 Å². The number of pyridine rings is 1. The van der Waals surface area contributed by atoms with Gasteiger partial charge in [-0.25, -0.2) is 4.98 Å². The third-order valence-electron chi connectivity index (χ3n) is 2.94. The van der Waals surface area contributed by atoms with E-state index in [1.807, 2.05) is 33.8 Å². The van der Waals surface area contributed by atoms with E-state index in [4.69, 9.17) is 0 Å². The third kappa shape index (κ3) is 2.99. The minimum Gasteiger partial charge on any atom is -0.304 e. The second kappa shape index (κ2) is 5.77. The van der Waals surface area contributed by atoms with Crippen molar-refractivity contribution < 1.29 is 4.79 Å². The summed E-state index contributed by atoms with van der Waals surface area (Å²) in [6, 6.07) is 1.93. The molecule has 0 aliphatic carbocycles. The van der Waals surface area contributed by atoms with Crippen molar-refractivity contribution >= 4 is 11.7 Å². The number of amides is 1. The number of aromatic nitrogens is 3. The molecule has 0 aliphatic heterocycles. The van der Waals surface area contributed by atoms with Gasteiger partial charge in [-0.2, -0.15) is 0 Å². The van der Waals surface area contributed by atoms with Crippen LogP contribution in [0.25, 0.3) is 0 Å². The van der Waals surface area contributed by atoms with Gasteiger partial charge in [0.1, 0.15) is 5.69 Å². The Morgan fingerprint density at radius 3 is 2.50 bits per heavy atom. The number of carbonyl (C=O) groups is 1. The normalized spacial score (nSPS) is 10.7.